The Morgan fingerprint density at radius 2 is 1.79 bits per heavy atom. The van der Waals surface area contributed by atoms with Gasteiger partial charge < -0.3 is 4.74 Å². The summed E-state index contributed by atoms with van der Waals surface area (Å²) in [6, 6.07) is 0. The monoisotopic (exact) mass is 200 g/mol. The van der Waals surface area contributed by atoms with Crippen molar-refractivity contribution in [2.45, 2.75) is 47.5 Å². The van der Waals surface area contributed by atoms with Gasteiger partial charge in [-0.05, 0) is 25.2 Å². The van der Waals surface area contributed by atoms with E-state index in [1.54, 1.807) is 0 Å². The number of carbonyl (C=O) groups excluding carboxylic acids is 1. The van der Waals surface area contributed by atoms with Crippen LogP contribution in [0.2, 0.25) is 0 Å². The Kier molecular flexibility index (Phi) is 6.60. The van der Waals surface area contributed by atoms with Crippen molar-refractivity contribution >= 4 is 5.97 Å². The average molecular weight is 200 g/mol. The van der Waals surface area contributed by atoms with Crippen LogP contribution in [-0.2, 0) is 9.53 Å². The Labute approximate surface area is 88.0 Å². The zero-order chi connectivity index (χ0) is 11.1. The van der Waals surface area contributed by atoms with Crippen molar-refractivity contribution in [3.63, 3.8) is 0 Å². The van der Waals surface area contributed by atoms with Gasteiger partial charge in [-0.3, -0.25) is 4.79 Å². The molecule has 0 aliphatic rings. The molecule has 0 N–H and O–H groups in total. The summed E-state index contributed by atoms with van der Waals surface area (Å²) >= 11 is 0. The van der Waals surface area contributed by atoms with Gasteiger partial charge in [-0.1, -0.05) is 34.1 Å². The highest BCUT2D eigenvalue weighted by Crippen LogP contribution is 2.24. The summed E-state index contributed by atoms with van der Waals surface area (Å²) in [5.74, 6) is 1.05. The van der Waals surface area contributed by atoms with Gasteiger partial charge in [-0.2, -0.15) is 0 Å². The third-order valence-corrected chi connectivity index (χ3v) is 2.65. The molecule has 0 fully saturated rings. The van der Waals surface area contributed by atoms with Crippen LogP contribution in [0.25, 0.3) is 0 Å². The SMILES string of the molecule is CCOC(=O)C(CC(C)C)C(C)CC. The second kappa shape index (κ2) is 6.86. The summed E-state index contributed by atoms with van der Waals surface area (Å²) in [6.07, 6.45) is 1.98. The van der Waals surface area contributed by atoms with E-state index in [9.17, 15) is 4.79 Å². The Morgan fingerprint density at radius 3 is 2.14 bits per heavy atom. The van der Waals surface area contributed by atoms with Crippen LogP contribution in [-0.4, -0.2) is 12.6 Å². The fourth-order valence-corrected chi connectivity index (χ4v) is 1.60. The van der Waals surface area contributed by atoms with Crippen LogP contribution in [0.1, 0.15) is 47.5 Å². The molecule has 2 atom stereocenters. The van der Waals surface area contributed by atoms with Crippen molar-refractivity contribution < 1.29 is 9.53 Å². The second-order valence-electron chi connectivity index (χ2n) is 4.37. The molecule has 0 radical (unpaired) electrons. The van der Waals surface area contributed by atoms with E-state index < -0.39 is 0 Å². The van der Waals surface area contributed by atoms with Gasteiger partial charge >= 0.3 is 5.97 Å². The predicted molar refractivity (Wildman–Crippen MR) is 59.0 cm³/mol. The first kappa shape index (κ1) is 13.5. The van der Waals surface area contributed by atoms with Crippen LogP contribution in [0, 0.1) is 17.8 Å². The number of hydrogen-bond donors (Lipinski definition) is 0. The first-order chi connectivity index (χ1) is 6.52. The molecule has 2 unspecified atom stereocenters. The summed E-state index contributed by atoms with van der Waals surface area (Å²) in [5.41, 5.74) is 0. The first-order valence-electron chi connectivity index (χ1n) is 5.69. The van der Waals surface area contributed by atoms with Gasteiger partial charge in [0, 0.05) is 0 Å². The van der Waals surface area contributed by atoms with Gasteiger partial charge in [0.15, 0.2) is 0 Å². The number of carbonyl (C=O) groups is 1. The molecule has 14 heavy (non-hydrogen) atoms. The molecule has 2 heteroatoms. The maximum absolute atomic E-state index is 11.7. The third kappa shape index (κ3) is 4.64. The Hall–Kier alpha value is -0.530. The fourth-order valence-electron chi connectivity index (χ4n) is 1.60. The minimum absolute atomic E-state index is 0.0180. The van der Waals surface area contributed by atoms with Crippen molar-refractivity contribution in [1.29, 1.82) is 0 Å². The molecule has 0 aliphatic heterocycles. The highest BCUT2D eigenvalue weighted by atomic mass is 16.5. The molecule has 0 aliphatic carbocycles. The molecular weight excluding hydrogens is 176 g/mol. The van der Waals surface area contributed by atoms with Crippen LogP contribution < -0.4 is 0 Å². The molecule has 0 aromatic carbocycles. The first-order valence-corrected chi connectivity index (χ1v) is 5.69. The van der Waals surface area contributed by atoms with Crippen LogP contribution in [0.3, 0.4) is 0 Å². The van der Waals surface area contributed by atoms with Gasteiger partial charge in [-0.25, -0.2) is 0 Å². The van der Waals surface area contributed by atoms with Crippen molar-refractivity contribution in [2.24, 2.45) is 17.8 Å². The van der Waals surface area contributed by atoms with Crippen LogP contribution in [0.4, 0.5) is 0 Å². The zero-order valence-electron chi connectivity index (χ0n) is 10.2. The number of esters is 1. The number of rotatable bonds is 6. The summed E-state index contributed by atoms with van der Waals surface area (Å²) in [4.78, 5) is 11.7. The third-order valence-electron chi connectivity index (χ3n) is 2.65. The van der Waals surface area contributed by atoms with Crippen molar-refractivity contribution in [3.8, 4) is 0 Å². The highest BCUT2D eigenvalue weighted by molar-refractivity contribution is 5.72. The fraction of sp³-hybridized carbons (Fsp3) is 0.917. The maximum atomic E-state index is 11.7. The molecule has 0 spiro atoms. The lowest BCUT2D eigenvalue weighted by molar-refractivity contribution is -0.150. The van der Waals surface area contributed by atoms with E-state index in [1.807, 2.05) is 6.92 Å². The predicted octanol–water partition coefficient (Wildman–Crippen LogP) is 3.26. The van der Waals surface area contributed by atoms with E-state index in [0.717, 1.165) is 12.8 Å². The normalized spacial score (nSPS) is 15.3. The van der Waals surface area contributed by atoms with E-state index in [1.165, 1.54) is 0 Å². The number of hydrogen-bond acceptors (Lipinski definition) is 2. The van der Waals surface area contributed by atoms with Crippen molar-refractivity contribution in [3.05, 3.63) is 0 Å². The maximum Gasteiger partial charge on any atom is 0.309 e. The van der Waals surface area contributed by atoms with Crippen LogP contribution in [0.5, 0.6) is 0 Å². The summed E-state index contributed by atoms with van der Waals surface area (Å²) in [6.45, 7) is 10.9. The molecule has 0 rings (SSSR count). The van der Waals surface area contributed by atoms with E-state index in [0.29, 0.717) is 18.4 Å². The number of ether oxygens (including phenoxy) is 1. The molecule has 2 nitrogen and oxygen atoms in total. The van der Waals surface area contributed by atoms with Gasteiger partial charge in [0.1, 0.15) is 0 Å². The van der Waals surface area contributed by atoms with E-state index >= 15 is 0 Å². The minimum atomic E-state index is -0.0180. The van der Waals surface area contributed by atoms with Gasteiger partial charge in [0.25, 0.3) is 0 Å². The minimum Gasteiger partial charge on any atom is -0.466 e. The van der Waals surface area contributed by atoms with Crippen molar-refractivity contribution in [2.75, 3.05) is 6.61 Å². The smallest absolute Gasteiger partial charge is 0.309 e. The molecule has 84 valence electrons. The zero-order valence-corrected chi connectivity index (χ0v) is 10.2. The van der Waals surface area contributed by atoms with E-state index in [2.05, 4.69) is 27.7 Å². The molecular formula is C12H24O2. The highest BCUT2D eigenvalue weighted by Gasteiger charge is 2.25. The van der Waals surface area contributed by atoms with Crippen LogP contribution >= 0.6 is 0 Å². The molecule has 0 aromatic heterocycles. The molecule has 0 saturated heterocycles. The standard InChI is InChI=1S/C12H24O2/c1-6-10(5)11(8-9(3)4)12(13)14-7-2/h9-11H,6-8H2,1-5H3. The topological polar surface area (TPSA) is 26.3 Å². The lowest BCUT2D eigenvalue weighted by Crippen LogP contribution is -2.25. The summed E-state index contributed by atoms with van der Waals surface area (Å²) in [7, 11) is 0. The van der Waals surface area contributed by atoms with Gasteiger partial charge in [0.2, 0.25) is 0 Å². The van der Waals surface area contributed by atoms with Crippen LogP contribution in [0.15, 0.2) is 0 Å². The summed E-state index contributed by atoms with van der Waals surface area (Å²) < 4.78 is 5.09. The van der Waals surface area contributed by atoms with Crippen molar-refractivity contribution in [1.82, 2.24) is 0 Å². The Morgan fingerprint density at radius 1 is 1.21 bits per heavy atom. The van der Waals surface area contributed by atoms with Gasteiger partial charge in [-0.15, -0.1) is 0 Å². The quantitative estimate of drug-likeness (QED) is 0.615. The average Bonchev–Trinajstić information content (AvgIpc) is 2.13. The largest absolute Gasteiger partial charge is 0.466 e. The molecule has 0 amide bonds. The Balaban J connectivity index is 4.30. The molecule has 0 aromatic rings. The second-order valence-corrected chi connectivity index (χ2v) is 4.37. The van der Waals surface area contributed by atoms with Gasteiger partial charge in [0.05, 0.1) is 12.5 Å². The lowest BCUT2D eigenvalue weighted by Gasteiger charge is -2.22. The Bertz CT molecular complexity index is 164. The summed E-state index contributed by atoms with van der Waals surface area (Å²) in [5, 5.41) is 0. The van der Waals surface area contributed by atoms with E-state index in [-0.39, 0.29) is 11.9 Å². The van der Waals surface area contributed by atoms with E-state index in [4.69, 9.17) is 4.74 Å². The molecule has 0 saturated carbocycles. The molecule has 0 heterocycles. The lowest BCUT2D eigenvalue weighted by atomic mass is 9.85. The molecule has 0 bridgehead atoms.